The summed E-state index contributed by atoms with van der Waals surface area (Å²) in [5.74, 6) is 0. The molecule has 206 valence electrons. The Morgan fingerprint density at radius 1 is 0.632 bits per heavy atom. The molecule has 3 aromatic rings. The van der Waals surface area contributed by atoms with Gasteiger partial charge in [0.2, 0.25) is 0 Å². The third-order valence-corrected chi connectivity index (χ3v) is 6.99. The standard InChI is InChI=1S/C34H48N2O2/c1-2-3-4-5-6-7-8-9-10-11-12-16-26-38-36(33-20-14-13-15-21-33)34-24-22-30(23-25-34)28-35-32-19-17-18-31(27-32)29-37/h13-15,17-25,27,35,37H,2-12,16,26,28-29H2,1H3. The van der Waals surface area contributed by atoms with E-state index in [9.17, 15) is 5.11 Å². The van der Waals surface area contributed by atoms with Crippen molar-refractivity contribution >= 4 is 17.1 Å². The van der Waals surface area contributed by atoms with Gasteiger partial charge >= 0.3 is 0 Å². The molecule has 0 saturated heterocycles. The van der Waals surface area contributed by atoms with E-state index < -0.39 is 0 Å². The summed E-state index contributed by atoms with van der Waals surface area (Å²) in [6.07, 6.45) is 16.1. The van der Waals surface area contributed by atoms with Gasteiger partial charge < -0.3 is 10.4 Å². The molecule has 38 heavy (non-hydrogen) atoms. The SMILES string of the molecule is CCCCCCCCCCCCCCON(c1ccccc1)c1ccc(CNc2cccc(CO)c2)cc1. The molecule has 3 rings (SSSR count). The number of nitrogens with one attached hydrogen (secondary N) is 1. The number of benzene rings is 3. The Morgan fingerprint density at radius 2 is 1.24 bits per heavy atom. The summed E-state index contributed by atoms with van der Waals surface area (Å²) in [5, 5.41) is 14.8. The van der Waals surface area contributed by atoms with Crippen molar-refractivity contribution in [3.8, 4) is 0 Å². The first-order valence-electron chi connectivity index (χ1n) is 14.8. The minimum atomic E-state index is 0.0544. The fourth-order valence-electron chi connectivity index (χ4n) is 4.69. The molecule has 0 heterocycles. The van der Waals surface area contributed by atoms with Crippen molar-refractivity contribution in [2.24, 2.45) is 0 Å². The number of para-hydroxylation sites is 1. The first-order chi connectivity index (χ1) is 18.8. The molecule has 0 aliphatic heterocycles. The Labute approximate surface area is 231 Å². The molecule has 0 saturated carbocycles. The normalized spacial score (nSPS) is 11.0. The van der Waals surface area contributed by atoms with Gasteiger partial charge in [-0.1, -0.05) is 120 Å². The molecule has 4 nitrogen and oxygen atoms in total. The highest BCUT2D eigenvalue weighted by Gasteiger charge is 2.10. The van der Waals surface area contributed by atoms with Crippen LogP contribution in [0.3, 0.4) is 0 Å². The summed E-state index contributed by atoms with van der Waals surface area (Å²) in [6, 6.07) is 26.7. The monoisotopic (exact) mass is 516 g/mol. The van der Waals surface area contributed by atoms with Gasteiger partial charge in [-0.05, 0) is 53.9 Å². The quantitative estimate of drug-likeness (QED) is 0.116. The molecule has 4 heteroatoms. The topological polar surface area (TPSA) is 44.7 Å². The van der Waals surface area contributed by atoms with Crippen molar-refractivity contribution in [2.45, 2.75) is 97.1 Å². The Kier molecular flexibility index (Phi) is 14.4. The van der Waals surface area contributed by atoms with Crippen LogP contribution >= 0.6 is 0 Å². The van der Waals surface area contributed by atoms with E-state index in [0.29, 0.717) is 0 Å². The molecule has 0 aliphatic rings. The van der Waals surface area contributed by atoms with Crippen LogP contribution in [0.1, 0.15) is 95.1 Å². The van der Waals surface area contributed by atoms with Crippen LogP contribution in [-0.2, 0) is 18.0 Å². The average Bonchev–Trinajstić information content (AvgIpc) is 2.97. The predicted molar refractivity (Wildman–Crippen MR) is 162 cm³/mol. The van der Waals surface area contributed by atoms with Gasteiger partial charge in [-0.2, -0.15) is 0 Å². The molecule has 0 aromatic heterocycles. The summed E-state index contributed by atoms with van der Waals surface area (Å²) >= 11 is 0. The summed E-state index contributed by atoms with van der Waals surface area (Å²) in [7, 11) is 0. The summed E-state index contributed by atoms with van der Waals surface area (Å²) in [5.41, 5.74) is 5.18. The van der Waals surface area contributed by atoms with E-state index in [1.165, 1.54) is 76.2 Å². The van der Waals surface area contributed by atoms with Crippen LogP contribution in [0.15, 0.2) is 78.9 Å². The largest absolute Gasteiger partial charge is 0.392 e. The molecule has 0 amide bonds. The average molecular weight is 517 g/mol. The molecular formula is C34H48N2O2. The van der Waals surface area contributed by atoms with Gasteiger partial charge in [-0.3, -0.25) is 4.84 Å². The Morgan fingerprint density at radius 3 is 1.87 bits per heavy atom. The van der Waals surface area contributed by atoms with Crippen LogP contribution in [0, 0.1) is 0 Å². The number of unbranched alkanes of at least 4 members (excludes halogenated alkanes) is 11. The van der Waals surface area contributed by atoms with Crippen molar-refractivity contribution in [3.63, 3.8) is 0 Å². The molecule has 0 unspecified atom stereocenters. The van der Waals surface area contributed by atoms with Gasteiger partial charge in [0, 0.05) is 12.2 Å². The van der Waals surface area contributed by atoms with Crippen molar-refractivity contribution in [2.75, 3.05) is 17.0 Å². The fraction of sp³-hybridized carbons (Fsp3) is 0.471. The van der Waals surface area contributed by atoms with E-state index >= 15 is 0 Å². The molecule has 0 fully saturated rings. The Bertz CT molecular complexity index is 991. The summed E-state index contributed by atoms with van der Waals surface area (Å²) in [6.45, 7) is 3.78. The second kappa shape index (κ2) is 18.4. The van der Waals surface area contributed by atoms with Gasteiger partial charge in [0.1, 0.15) is 0 Å². The first kappa shape index (κ1) is 29.7. The third-order valence-electron chi connectivity index (χ3n) is 6.99. The molecule has 0 aliphatic carbocycles. The molecular weight excluding hydrogens is 468 g/mol. The number of hydrogen-bond donors (Lipinski definition) is 2. The molecule has 0 radical (unpaired) electrons. The Balaban J connectivity index is 1.40. The van der Waals surface area contributed by atoms with E-state index in [-0.39, 0.29) is 6.61 Å². The van der Waals surface area contributed by atoms with Crippen molar-refractivity contribution in [3.05, 3.63) is 90.0 Å². The van der Waals surface area contributed by atoms with Crippen LogP contribution in [0.2, 0.25) is 0 Å². The number of aliphatic hydroxyl groups is 1. The van der Waals surface area contributed by atoms with Gasteiger partial charge in [0.15, 0.2) is 0 Å². The smallest absolute Gasteiger partial charge is 0.0753 e. The maximum Gasteiger partial charge on any atom is 0.0753 e. The van der Waals surface area contributed by atoms with Gasteiger partial charge in [-0.25, -0.2) is 5.06 Å². The molecule has 3 aromatic carbocycles. The lowest BCUT2D eigenvalue weighted by Crippen LogP contribution is -2.18. The minimum Gasteiger partial charge on any atom is -0.392 e. The highest BCUT2D eigenvalue weighted by molar-refractivity contribution is 5.60. The third kappa shape index (κ3) is 11.3. The van der Waals surface area contributed by atoms with Crippen LogP contribution < -0.4 is 10.4 Å². The number of aliphatic hydroxyl groups excluding tert-OH is 1. The first-order valence-corrected chi connectivity index (χ1v) is 14.8. The second-order valence-corrected chi connectivity index (χ2v) is 10.2. The van der Waals surface area contributed by atoms with Crippen LogP contribution in [-0.4, -0.2) is 11.7 Å². The number of anilines is 3. The second-order valence-electron chi connectivity index (χ2n) is 10.2. The van der Waals surface area contributed by atoms with E-state index in [4.69, 9.17) is 4.84 Å². The highest BCUT2D eigenvalue weighted by atomic mass is 16.7. The van der Waals surface area contributed by atoms with Crippen molar-refractivity contribution in [1.29, 1.82) is 0 Å². The van der Waals surface area contributed by atoms with Crippen LogP contribution in [0.5, 0.6) is 0 Å². The maximum absolute atomic E-state index is 9.35. The summed E-state index contributed by atoms with van der Waals surface area (Å²) < 4.78 is 0. The number of hydrogen-bond acceptors (Lipinski definition) is 4. The lowest BCUT2D eigenvalue weighted by Gasteiger charge is -2.24. The zero-order valence-electron chi connectivity index (χ0n) is 23.4. The van der Waals surface area contributed by atoms with E-state index in [1.807, 2.05) is 47.5 Å². The lowest BCUT2D eigenvalue weighted by atomic mass is 10.1. The zero-order valence-corrected chi connectivity index (χ0v) is 23.4. The minimum absolute atomic E-state index is 0.0544. The lowest BCUT2D eigenvalue weighted by molar-refractivity contribution is 0.131. The van der Waals surface area contributed by atoms with Crippen LogP contribution in [0.4, 0.5) is 17.1 Å². The highest BCUT2D eigenvalue weighted by Crippen LogP contribution is 2.26. The zero-order chi connectivity index (χ0) is 26.7. The predicted octanol–water partition coefficient (Wildman–Crippen LogP) is 9.56. The van der Waals surface area contributed by atoms with E-state index in [0.717, 1.165) is 42.2 Å². The van der Waals surface area contributed by atoms with E-state index in [1.54, 1.807) is 0 Å². The maximum atomic E-state index is 9.35. The van der Waals surface area contributed by atoms with Gasteiger partial charge in [0.05, 0.1) is 24.6 Å². The van der Waals surface area contributed by atoms with Crippen molar-refractivity contribution in [1.82, 2.24) is 0 Å². The number of nitrogens with zero attached hydrogens (tertiary/aromatic N) is 1. The van der Waals surface area contributed by atoms with E-state index in [2.05, 4.69) is 48.6 Å². The molecule has 0 spiro atoms. The van der Waals surface area contributed by atoms with Crippen LogP contribution in [0.25, 0.3) is 0 Å². The molecule has 2 N–H and O–H groups in total. The summed E-state index contributed by atoms with van der Waals surface area (Å²) in [4.78, 5) is 6.29. The number of rotatable bonds is 20. The fourth-order valence-corrected chi connectivity index (χ4v) is 4.69. The van der Waals surface area contributed by atoms with Gasteiger partial charge in [-0.15, -0.1) is 0 Å². The Hall–Kier alpha value is -2.82. The van der Waals surface area contributed by atoms with Crippen molar-refractivity contribution < 1.29 is 9.94 Å². The van der Waals surface area contributed by atoms with Gasteiger partial charge in [0.25, 0.3) is 0 Å². The molecule has 0 atom stereocenters. The molecule has 0 bridgehead atoms.